The van der Waals surface area contributed by atoms with Crippen LogP contribution in [0.5, 0.6) is 11.5 Å². The van der Waals surface area contributed by atoms with Gasteiger partial charge in [0.25, 0.3) is 0 Å². The molecule has 1 aromatic carbocycles. The van der Waals surface area contributed by atoms with Crippen LogP contribution in [0, 0.1) is 0 Å². The Balaban J connectivity index is 2.49. The van der Waals surface area contributed by atoms with Crippen LogP contribution in [0.4, 0.5) is 26.3 Å². The first-order chi connectivity index (χ1) is 11.4. The standard InChI is InChI=1S/C15H14F6O4/c1-9(22)23-13(4-2-3-5-13)10-6-11(24-14(16,17)18)8-12(7-10)25-15(19,20)21/h6-8H,2-5H2,1H3. The summed E-state index contributed by atoms with van der Waals surface area (Å²) >= 11 is 0. The van der Waals surface area contributed by atoms with Crippen molar-refractivity contribution in [3.05, 3.63) is 23.8 Å². The zero-order valence-electron chi connectivity index (χ0n) is 13.0. The Morgan fingerprint density at radius 2 is 1.36 bits per heavy atom. The maximum Gasteiger partial charge on any atom is 0.573 e. The molecule has 0 atom stereocenters. The van der Waals surface area contributed by atoms with Gasteiger partial charge in [-0.05, 0) is 37.8 Å². The second-order valence-corrected chi connectivity index (χ2v) is 5.58. The third-order valence-electron chi connectivity index (χ3n) is 3.62. The number of carbonyl (C=O) groups is 1. The van der Waals surface area contributed by atoms with Gasteiger partial charge in [-0.1, -0.05) is 0 Å². The molecule has 0 saturated heterocycles. The Labute approximate surface area is 138 Å². The summed E-state index contributed by atoms with van der Waals surface area (Å²) in [6.45, 7) is 1.11. The quantitative estimate of drug-likeness (QED) is 0.562. The van der Waals surface area contributed by atoms with Gasteiger partial charge < -0.3 is 14.2 Å². The molecule has 0 spiro atoms. The summed E-state index contributed by atoms with van der Waals surface area (Å²) in [6.07, 6.45) is -8.45. The average Bonchev–Trinajstić information content (AvgIpc) is 2.83. The highest BCUT2D eigenvalue weighted by molar-refractivity contribution is 5.67. The number of alkyl halides is 6. The van der Waals surface area contributed by atoms with Crippen molar-refractivity contribution in [2.75, 3.05) is 0 Å². The largest absolute Gasteiger partial charge is 0.573 e. The predicted molar refractivity (Wildman–Crippen MR) is 71.7 cm³/mol. The Kier molecular flexibility index (Phi) is 5.10. The van der Waals surface area contributed by atoms with Crippen molar-refractivity contribution in [3.8, 4) is 11.5 Å². The van der Waals surface area contributed by atoms with Crippen molar-refractivity contribution in [1.29, 1.82) is 0 Å². The molecule has 0 aromatic heterocycles. The van der Waals surface area contributed by atoms with Crippen LogP contribution in [-0.2, 0) is 15.1 Å². The molecule has 1 aromatic rings. The summed E-state index contributed by atoms with van der Waals surface area (Å²) in [7, 11) is 0. The van der Waals surface area contributed by atoms with Crippen LogP contribution in [0.25, 0.3) is 0 Å². The number of benzene rings is 1. The monoisotopic (exact) mass is 372 g/mol. The number of hydrogen-bond donors (Lipinski definition) is 0. The number of esters is 1. The molecule has 0 amide bonds. The van der Waals surface area contributed by atoms with Crippen LogP contribution in [0.1, 0.15) is 38.2 Å². The molecule has 0 radical (unpaired) electrons. The molecular formula is C15H14F6O4. The van der Waals surface area contributed by atoms with E-state index in [-0.39, 0.29) is 18.4 Å². The fraction of sp³-hybridized carbons (Fsp3) is 0.533. The highest BCUT2D eigenvalue weighted by Crippen LogP contribution is 2.45. The Morgan fingerprint density at radius 1 is 0.920 bits per heavy atom. The zero-order valence-corrected chi connectivity index (χ0v) is 13.0. The molecule has 1 aliphatic rings. The van der Waals surface area contributed by atoms with Gasteiger partial charge in [0.05, 0.1) is 0 Å². The molecule has 2 rings (SSSR count). The number of rotatable bonds is 4. The van der Waals surface area contributed by atoms with Crippen molar-refractivity contribution in [1.82, 2.24) is 0 Å². The molecule has 140 valence electrons. The van der Waals surface area contributed by atoms with Gasteiger partial charge >= 0.3 is 18.7 Å². The van der Waals surface area contributed by atoms with E-state index in [4.69, 9.17) is 4.74 Å². The number of ether oxygens (including phenoxy) is 3. The van der Waals surface area contributed by atoms with Crippen LogP contribution in [-0.4, -0.2) is 18.7 Å². The Hall–Kier alpha value is -2.13. The van der Waals surface area contributed by atoms with Crippen molar-refractivity contribution in [3.63, 3.8) is 0 Å². The van der Waals surface area contributed by atoms with Crippen LogP contribution >= 0.6 is 0 Å². The molecule has 0 heterocycles. The zero-order chi connectivity index (χ0) is 18.9. The minimum Gasteiger partial charge on any atom is -0.454 e. The van der Waals surface area contributed by atoms with Crippen LogP contribution in [0.3, 0.4) is 0 Å². The summed E-state index contributed by atoms with van der Waals surface area (Å²) in [5.74, 6) is -2.47. The fourth-order valence-electron chi connectivity index (χ4n) is 2.89. The summed E-state index contributed by atoms with van der Waals surface area (Å²) < 4.78 is 87.4. The van der Waals surface area contributed by atoms with Crippen molar-refractivity contribution < 1.29 is 45.3 Å². The predicted octanol–water partition coefficient (Wildman–Crippen LogP) is 4.82. The van der Waals surface area contributed by atoms with Crippen LogP contribution < -0.4 is 9.47 Å². The minimum atomic E-state index is -5.10. The van der Waals surface area contributed by atoms with Gasteiger partial charge in [-0.2, -0.15) is 0 Å². The van der Waals surface area contributed by atoms with Gasteiger partial charge in [-0.15, -0.1) is 26.3 Å². The first kappa shape index (κ1) is 19.2. The van der Waals surface area contributed by atoms with E-state index in [0.29, 0.717) is 18.9 Å². The van der Waals surface area contributed by atoms with Gasteiger partial charge in [0.15, 0.2) is 0 Å². The summed E-state index contributed by atoms with van der Waals surface area (Å²) in [4.78, 5) is 11.4. The van der Waals surface area contributed by atoms with E-state index in [1.54, 1.807) is 0 Å². The van der Waals surface area contributed by atoms with Gasteiger partial charge in [-0.3, -0.25) is 4.79 Å². The molecule has 1 fully saturated rings. The first-order valence-electron chi connectivity index (χ1n) is 7.25. The van der Waals surface area contributed by atoms with Crippen molar-refractivity contribution in [2.45, 2.75) is 50.9 Å². The fourth-order valence-corrected chi connectivity index (χ4v) is 2.89. The smallest absolute Gasteiger partial charge is 0.454 e. The average molecular weight is 372 g/mol. The summed E-state index contributed by atoms with van der Waals surface area (Å²) in [5.41, 5.74) is -1.35. The number of hydrogen-bond acceptors (Lipinski definition) is 4. The lowest BCUT2D eigenvalue weighted by molar-refractivity contribution is -0.276. The first-order valence-corrected chi connectivity index (χ1v) is 7.25. The third kappa shape index (κ3) is 5.43. The lowest BCUT2D eigenvalue weighted by Crippen LogP contribution is -2.29. The molecule has 0 N–H and O–H groups in total. The van der Waals surface area contributed by atoms with Gasteiger partial charge in [0.1, 0.15) is 17.1 Å². The molecular weight excluding hydrogens is 358 g/mol. The maximum absolute atomic E-state index is 12.5. The molecule has 0 bridgehead atoms. The molecule has 10 heteroatoms. The Morgan fingerprint density at radius 3 is 1.72 bits per heavy atom. The van der Waals surface area contributed by atoms with Gasteiger partial charge in [0, 0.05) is 18.6 Å². The van der Waals surface area contributed by atoms with Crippen molar-refractivity contribution >= 4 is 5.97 Å². The molecule has 1 saturated carbocycles. The van der Waals surface area contributed by atoms with E-state index in [0.717, 1.165) is 19.1 Å². The van der Waals surface area contributed by atoms with E-state index in [1.807, 2.05) is 0 Å². The van der Waals surface area contributed by atoms with Gasteiger partial charge in [0.2, 0.25) is 0 Å². The lowest BCUT2D eigenvalue weighted by Gasteiger charge is -2.30. The van der Waals surface area contributed by atoms with E-state index in [2.05, 4.69) is 9.47 Å². The highest BCUT2D eigenvalue weighted by Gasteiger charge is 2.41. The molecule has 1 aliphatic carbocycles. The van der Waals surface area contributed by atoms with Crippen LogP contribution in [0.2, 0.25) is 0 Å². The van der Waals surface area contributed by atoms with E-state index >= 15 is 0 Å². The molecule has 0 aliphatic heterocycles. The normalized spacial score (nSPS) is 17.2. The minimum absolute atomic E-state index is 0.0406. The van der Waals surface area contributed by atoms with Crippen LogP contribution in [0.15, 0.2) is 18.2 Å². The molecule has 25 heavy (non-hydrogen) atoms. The highest BCUT2D eigenvalue weighted by atomic mass is 19.4. The summed E-state index contributed by atoms with van der Waals surface area (Å²) in [6, 6.07) is 2.29. The second kappa shape index (κ2) is 6.64. The molecule has 4 nitrogen and oxygen atoms in total. The van der Waals surface area contributed by atoms with Gasteiger partial charge in [-0.25, -0.2) is 0 Å². The van der Waals surface area contributed by atoms with E-state index in [9.17, 15) is 31.1 Å². The SMILES string of the molecule is CC(=O)OC1(c2cc(OC(F)(F)F)cc(OC(F)(F)F)c2)CCCC1. The van der Waals surface area contributed by atoms with Crippen molar-refractivity contribution in [2.24, 2.45) is 0 Å². The lowest BCUT2D eigenvalue weighted by atomic mass is 9.91. The Bertz CT molecular complexity index is 598. The summed E-state index contributed by atoms with van der Waals surface area (Å²) in [5, 5.41) is 0. The third-order valence-corrected chi connectivity index (χ3v) is 3.62. The van der Waals surface area contributed by atoms with E-state index < -0.39 is 35.8 Å². The topological polar surface area (TPSA) is 44.8 Å². The maximum atomic E-state index is 12.5. The van der Waals surface area contributed by atoms with E-state index in [1.165, 1.54) is 0 Å². The number of carbonyl (C=O) groups excluding carboxylic acids is 1. The second-order valence-electron chi connectivity index (χ2n) is 5.58. The number of halogens is 6. The molecule has 0 unspecified atom stereocenters.